The molecule has 144 valence electrons. The van der Waals surface area contributed by atoms with Crippen LogP contribution < -0.4 is 35.5 Å². The van der Waals surface area contributed by atoms with Crippen LogP contribution in [0.5, 0.6) is 0 Å². The summed E-state index contributed by atoms with van der Waals surface area (Å²) in [6.07, 6.45) is 4.35. The summed E-state index contributed by atoms with van der Waals surface area (Å²) >= 11 is 0. The lowest BCUT2D eigenvalue weighted by atomic mass is 10.0. The lowest BCUT2D eigenvalue weighted by molar-refractivity contribution is -0.426. The van der Waals surface area contributed by atoms with Gasteiger partial charge in [0.1, 0.15) is 6.04 Å². The summed E-state index contributed by atoms with van der Waals surface area (Å²) in [5, 5.41) is 0. The topological polar surface area (TPSA) is 83.9 Å². The van der Waals surface area contributed by atoms with Crippen molar-refractivity contribution < 1.29 is 45.1 Å². The van der Waals surface area contributed by atoms with Crippen molar-refractivity contribution in [3.63, 3.8) is 0 Å². The molecule has 0 radical (unpaired) electrons. The normalized spacial score (nSPS) is 11.0. The highest BCUT2D eigenvalue weighted by atomic mass is 35.5. The zero-order chi connectivity index (χ0) is 17.6. The van der Waals surface area contributed by atoms with Gasteiger partial charge in [-0.15, -0.1) is 0 Å². The Bertz CT molecular complexity index is 839. The van der Waals surface area contributed by atoms with Crippen molar-refractivity contribution in [3.05, 3.63) is 77.7 Å². The lowest BCUT2D eigenvalue weighted by Crippen LogP contribution is -3.00. The van der Waals surface area contributed by atoms with Crippen LogP contribution in [0.15, 0.2) is 60.9 Å². The average molecular weight is 408 g/mol. The molecule has 0 aliphatic carbocycles. The molecule has 0 saturated carbocycles. The first kappa shape index (κ1) is 22.7. The molecule has 0 aliphatic rings. The van der Waals surface area contributed by atoms with Gasteiger partial charge in [0.25, 0.3) is 0 Å². The number of hydrogen-bond donors (Lipinski definition) is 2. The van der Waals surface area contributed by atoms with E-state index in [0.29, 0.717) is 18.6 Å². The Morgan fingerprint density at radius 2 is 1.81 bits per heavy atom. The van der Waals surface area contributed by atoms with Crippen LogP contribution in [0.1, 0.15) is 34.6 Å². The Balaban J connectivity index is 0.00000182. The van der Waals surface area contributed by atoms with Gasteiger partial charge in [-0.05, 0) is 13.0 Å². The highest BCUT2D eigenvalue weighted by Crippen LogP contribution is 2.24. The van der Waals surface area contributed by atoms with Gasteiger partial charge in [0.15, 0.2) is 12.4 Å². The number of esters is 1. The van der Waals surface area contributed by atoms with Gasteiger partial charge < -0.3 is 40.3 Å². The molecule has 3 rings (SSSR count). The minimum atomic E-state index is -0.303. The molecule has 0 aliphatic heterocycles. The van der Waals surface area contributed by atoms with Crippen molar-refractivity contribution >= 4 is 5.97 Å². The number of rotatable bonds is 6. The molecule has 0 fully saturated rings. The van der Waals surface area contributed by atoms with Crippen LogP contribution in [0.4, 0.5) is 0 Å². The zero-order valence-corrected chi connectivity index (χ0v) is 16.6. The van der Waals surface area contributed by atoms with E-state index in [1.807, 2.05) is 55.7 Å². The van der Waals surface area contributed by atoms with Crippen molar-refractivity contribution in [3.8, 4) is 11.3 Å². The molecule has 0 amide bonds. The molecule has 3 aromatic rings. The van der Waals surface area contributed by atoms with Gasteiger partial charge in [0, 0.05) is 41.1 Å². The number of halogens is 2. The number of nitrogens with one attached hydrogen (secondary N) is 2. The molecular formula is C20H23Cl2N3O2. The monoisotopic (exact) mass is 407 g/mol. The fraction of sp³-hybridized carbons (Fsp3) is 0.200. The highest BCUT2D eigenvalue weighted by molar-refractivity contribution is 5.92. The van der Waals surface area contributed by atoms with Crippen molar-refractivity contribution in [2.45, 2.75) is 19.4 Å². The smallest absolute Gasteiger partial charge is 0.339 e. The number of quaternary nitrogens is 1. The maximum absolute atomic E-state index is 12.4. The maximum atomic E-state index is 12.4. The molecule has 5 nitrogen and oxygen atoms in total. The second-order valence-electron chi connectivity index (χ2n) is 5.90. The van der Waals surface area contributed by atoms with E-state index in [-0.39, 0.29) is 36.8 Å². The number of benzene rings is 1. The molecule has 1 aromatic carbocycles. The Morgan fingerprint density at radius 1 is 1.15 bits per heavy atom. The summed E-state index contributed by atoms with van der Waals surface area (Å²) in [5.41, 5.74) is 8.73. The molecule has 0 bridgehead atoms. The summed E-state index contributed by atoms with van der Waals surface area (Å²) in [5.74, 6) is -0.303. The van der Waals surface area contributed by atoms with Crippen molar-refractivity contribution in [2.75, 3.05) is 6.61 Å². The highest BCUT2D eigenvalue weighted by Gasteiger charge is 2.21. The maximum Gasteiger partial charge on any atom is 0.339 e. The van der Waals surface area contributed by atoms with Gasteiger partial charge in [-0.2, -0.15) is 0 Å². The number of H-pyrrole nitrogens is 2. The Morgan fingerprint density at radius 3 is 2.44 bits per heavy atom. The molecule has 5 N–H and O–H groups in total. The fourth-order valence-electron chi connectivity index (χ4n) is 2.86. The van der Waals surface area contributed by atoms with E-state index in [9.17, 15) is 4.79 Å². The van der Waals surface area contributed by atoms with Gasteiger partial charge >= 0.3 is 5.97 Å². The predicted octanol–water partition coefficient (Wildman–Crippen LogP) is -3.79. The molecular weight excluding hydrogens is 385 g/mol. The Kier molecular flexibility index (Phi) is 9.02. The molecule has 2 heterocycles. The SMILES string of the molecule is CCOC(=O)c1cc(-c2cc[nH+]cc2)[nH]c1C[C@H]([NH3+])c1ccccc1.[Cl-].[Cl-]. The van der Waals surface area contributed by atoms with Gasteiger partial charge in [0.2, 0.25) is 0 Å². The van der Waals surface area contributed by atoms with Crippen molar-refractivity contribution in [2.24, 2.45) is 0 Å². The molecule has 0 saturated heterocycles. The van der Waals surface area contributed by atoms with Gasteiger partial charge in [0.05, 0.1) is 12.2 Å². The van der Waals surface area contributed by atoms with E-state index >= 15 is 0 Å². The zero-order valence-electron chi connectivity index (χ0n) is 15.0. The molecule has 7 heteroatoms. The minimum Gasteiger partial charge on any atom is -1.00 e. The van der Waals surface area contributed by atoms with E-state index in [1.165, 1.54) is 0 Å². The number of carbonyl (C=O) groups excluding carboxylic acids is 1. The largest absolute Gasteiger partial charge is 1.00 e. The quantitative estimate of drug-likeness (QED) is 0.411. The number of pyridine rings is 1. The van der Waals surface area contributed by atoms with E-state index in [2.05, 4.69) is 27.8 Å². The standard InChI is InChI=1S/C20H21N3O2.2ClH/c1-2-25-20(24)16-12-18(15-8-10-22-11-9-15)23-19(16)13-17(21)14-6-4-3-5-7-14;;/h3-12,17,23H,2,13,21H2,1H3;2*1H/t17-;;/m0../s1. The Hall–Kier alpha value is -2.34. The Labute approximate surface area is 171 Å². The number of carbonyl (C=O) groups is 1. The first-order valence-electron chi connectivity index (χ1n) is 8.42. The predicted molar refractivity (Wildman–Crippen MR) is 94.5 cm³/mol. The average Bonchev–Trinajstić information content (AvgIpc) is 3.07. The van der Waals surface area contributed by atoms with E-state index in [0.717, 1.165) is 22.5 Å². The van der Waals surface area contributed by atoms with Gasteiger partial charge in [-0.1, -0.05) is 30.3 Å². The van der Waals surface area contributed by atoms with Crippen LogP contribution in [0, 0.1) is 0 Å². The summed E-state index contributed by atoms with van der Waals surface area (Å²) in [6, 6.07) is 15.9. The van der Waals surface area contributed by atoms with Gasteiger partial charge in [-0.25, -0.2) is 9.78 Å². The number of aromatic amines is 2. The number of ether oxygens (including phenoxy) is 1. The third-order valence-corrected chi connectivity index (χ3v) is 4.15. The molecule has 0 unspecified atom stereocenters. The summed E-state index contributed by atoms with van der Waals surface area (Å²) in [7, 11) is 0. The second-order valence-corrected chi connectivity index (χ2v) is 5.90. The van der Waals surface area contributed by atoms with E-state index in [1.54, 1.807) is 0 Å². The number of hydrogen-bond acceptors (Lipinski definition) is 2. The third-order valence-electron chi connectivity index (χ3n) is 4.15. The first-order valence-corrected chi connectivity index (χ1v) is 8.42. The van der Waals surface area contributed by atoms with E-state index < -0.39 is 0 Å². The third kappa shape index (κ3) is 5.57. The lowest BCUT2D eigenvalue weighted by Gasteiger charge is -2.09. The molecule has 0 spiro atoms. The molecule has 2 aromatic heterocycles. The summed E-state index contributed by atoms with van der Waals surface area (Å²) in [6.45, 7) is 2.16. The second kappa shape index (κ2) is 10.7. The first-order chi connectivity index (χ1) is 12.2. The van der Waals surface area contributed by atoms with Crippen LogP contribution in [0.25, 0.3) is 11.3 Å². The van der Waals surface area contributed by atoms with Crippen LogP contribution >= 0.6 is 0 Å². The van der Waals surface area contributed by atoms with E-state index in [4.69, 9.17) is 4.74 Å². The van der Waals surface area contributed by atoms with Crippen LogP contribution in [0.3, 0.4) is 0 Å². The van der Waals surface area contributed by atoms with Crippen LogP contribution in [0.2, 0.25) is 0 Å². The summed E-state index contributed by atoms with van der Waals surface area (Å²) in [4.78, 5) is 18.7. The minimum absolute atomic E-state index is 0. The molecule has 27 heavy (non-hydrogen) atoms. The van der Waals surface area contributed by atoms with Crippen LogP contribution in [-0.4, -0.2) is 17.6 Å². The van der Waals surface area contributed by atoms with Gasteiger partial charge in [-0.3, -0.25) is 0 Å². The summed E-state index contributed by atoms with van der Waals surface area (Å²) < 4.78 is 5.22. The van der Waals surface area contributed by atoms with Crippen molar-refractivity contribution in [1.29, 1.82) is 0 Å². The van der Waals surface area contributed by atoms with Crippen molar-refractivity contribution in [1.82, 2.24) is 4.98 Å². The fourth-order valence-corrected chi connectivity index (χ4v) is 2.86. The van der Waals surface area contributed by atoms with Crippen LogP contribution in [-0.2, 0) is 11.2 Å². The molecule has 1 atom stereocenters. The number of aromatic nitrogens is 2.